The van der Waals surface area contributed by atoms with E-state index in [4.69, 9.17) is 14.2 Å². The molecule has 7 heteroatoms. The van der Waals surface area contributed by atoms with Crippen LogP contribution in [-0.4, -0.2) is 48.4 Å². The molecule has 0 radical (unpaired) electrons. The third-order valence-corrected chi connectivity index (χ3v) is 4.02. The van der Waals surface area contributed by atoms with E-state index in [9.17, 15) is 14.7 Å². The Bertz CT molecular complexity index is 932. The standard InChI is InChI=1S/C21H25NO6/c1-4-22-13-17(21(24)25)20(23)16-12-15(9-10-18(16)22)8-7-11-26-14-19(27-5-2)28-6-3/h9-10,12-13,19H,4-6,11,14H2,1-3H3,(H,24,25). The van der Waals surface area contributed by atoms with E-state index in [1.54, 1.807) is 22.8 Å². The lowest BCUT2D eigenvalue weighted by atomic mass is 10.1. The second-order valence-electron chi connectivity index (χ2n) is 5.85. The van der Waals surface area contributed by atoms with Crippen LogP contribution in [0.15, 0.2) is 29.2 Å². The molecule has 0 saturated carbocycles. The molecule has 0 aliphatic heterocycles. The molecule has 7 nitrogen and oxygen atoms in total. The van der Waals surface area contributed by atoms with E-state index in [2.05, 4.69) is 11.8 Å². The highest BCUT2D eigenvalue weighted by Gasteiger charge is 2.14. The summed E-state index contributed by atoms with van der Waals surface area (Å²) in [5.74, 6) is 4.58. The van der Waals surface area contributed by atoms with Crippen LogP contribution in [-0.2, 0) is 20.8 Å². The fourth-order valence-corrected chi connectivity index (χ4v) is 2.75. The van der Waals surface area contributed by atoms with Gasteiger partial charge >= 0.3 is 5.97 Å². The highest BCUT2D eigenvalue weighted by atomic mass is 16.7. The van der Waals surface area contributed by atoms with Crippen molar-refractivity contribution in [1.82, 2.24) is 4.57 Å². The zero-order valence-corrected chi connectivity index (χ0v) is 16.4. The second kappa shape index (κ2) is 10.6. The van der Waals surface area contributed by atoms with E-state index in [0.717, 1.165) is 0 Å². The van der Waals surface area contributed by atoms with Gasteiger partial charge in [-0.1, -0.05) is 11.8 Å². The molecule has 2 rings (SSSR count). The van der Waals surface area contributed by atoms with E-state index in [1.807, 2.05) is 20.8 Å². The molecular weight excluding hydrogens is 362 g/mol. The fraction of sp³-hybridized carbons (Fsp3) is 0.429. The average Bonchev–Trinajstić information content (AvgIpc) is 2.68. The number of hydrogen-bond acceptors (Lipinski definition) is 5. The van der Waals surface area contributed by atoms with Crippen LogP contribution in [0.25, 0.3) is 10.9 Å². The summed E-state index contributed by atoms with van der Waals surface area (Å²) >= 11 is 0. The molecule has 1 N–H and O–H groups in total. The van der Waals surface area contributed by atoms with Gasteiger partial charge in [0.25, 0.3) is 0 Å². The molecule has 0 atom stereocenters. The van der Waals surface area contributed by atoms with E-state index in [-0.39, 0.29) is 18.8 Å². The predicted molar refractivity (Wildman–Crippen MR) is 106 cm³/mol. The summed E-state index contributed by atoms with van der Waals surface area (Å²) in [4.78, 5) is 23.8. The van der Waals surface area contributed by atoms with Gasteiger partial charge in [-0.3, -0.25) is 4.79 Å². The number of carbonyl (C=O) groups is 1. The van der Waals surface area contributed by atoms with Crippen molar-refractivity contribution in [2.45, 2.75) is 33.6 Å². The molecule has 28 heavy (non-hydrogen) atoms. The first kappa shape index (κ1) is 21.6. The van der Waals surface area contributed by atoms with E-state index < -0.39 is 17.7 Å². The SMILES string of the molecule is CCOC(COCC#Cc1ccc2c(c1)c(=O)c(C(=O)O)cn2CC)OCC. The molecule has 0 bridgehead atoms. The van der Waals surface area contributed by atoms with Gasteiger partial charge < -0.3 is 23.9 Å². The molecular formula is C21H25NO6. The topological polar surface area (TPSA) is 87.0 Å². The number of rotatable bonds is 9. The van der Waals surface area contributed by atoms with E-state index in [1.165, 1.54) is 6.20 Å². The van der Waals surface area contributed by atoms with Crippen molar-refractivity contribution in [3.63, 3.8) is 0 Å². The zero-order chi connectivity index (χ0) is 20.5. The Morgan fingerprint density at radius 1 is 1.21 bits per heavy atom. The molecule has 0 amide bonds. The largest absolute Gasteiger partial charge is 0.477 e. The summed E-state index contributed by atoms with van der Waals surface area (Å²) in [5, 5.41) is 9.59. The van der Waals surface area contributed by atoms with Crippen LogP contribution in [0.3, 0.4) is 0 Å². The Hall–Kier alpha value is -2.66. The molecule has 0 saturated heterocycles. The summed E-state index contributed by atoms with van der Waals surface area (Å²) in [7, 11) is 0. The number of carboxylic acid groups (broad SMARTS) is 1. The third kappa shape index (κ3) is 5.42. The fourth-order valence-electron chi connectivity index (χ4n) is 2.75. The summed E-state index contributed by atoms with van der Waals surface area (Å²) in [6.45, 7) is 7.73. The highest BCUT2D eigenvalue weighted by molar-refractivity contribution is 5.92. The molecule has 150 valence electrons. The van der Waals surface area contributed by atoms with Crippen molar-refractivity contribution in [3.8, 4) is 11.8 Å². The van der Waals surface area contributed by atoms with Crippen molar-refractivity contribution < 1.29 is 24.1 Å². The number of hydrogen-bond donors (Lipinski definition) is 1. The number of pyridine rings is 1. The van der Waals surface area contributed by atoms with Crippen molar-refractivity contribution in [3.05, 3.63) is 45.7 Å². The Labute approximate surface area is 163 Å². The molecule has 0 spiro atoms. The van der Waals surface area contributed by atoms with Crippen molar-refractivity contribution in [2.24, 2.45) is 0 Å². The number of ether oxygens (including phenoxy) is 3. The first-order chi connectivity index (χ1) is 13.5. The minimum Gasteiger partial charge on any atom is -0.477 e. The van der Waals surface area contributed by atoms with Gasteiger partial charge in [0.1, 0.15) is 12.2 Å². The van der Waals surface area contributed by atoms with Crippen LogP contribution < -0.4 is 5.43 Å². The summed E-state index contributed by atoms with van der Waals surface area (Å²) in [6, 6.07) is 5.19. The van der Waals surface area contributed by atoms with Gasteiger partial charge in [-0.25, -0.2) is 4.79 Å². The van der Waals surface area contributed by atoms with E-state index >= 15 is 0 Å². The van der Waals surface area contributed by atoms with Crippen LogP contribution in [0.2, 0.25) is 0 Å². The highest BCUT2D eigenvalue weighted by Crippen LogP contribution is 2.14. The maximum absolute atomic E-state index is 12.5. The minimum absolute atomic E-state index is 0.184. The Balaban J connectivity index is 2.17. The minimum atomic E-state index is -1.24. The van der Waals surface area contributed by atoms with Crippen LogP contribution in [0.5, 0.6) is 0 Å². The van der Waals surface area contributed by atoms with Gasteiger partial charge in [0.2, 0.25) is 5.43 Å². The Kier molecular flexibility index (Phi) is 8.20. The number of fused-ring (bicyclic) bond motifs is 1. The zero-order valence-electron chi connectivity index (χ0n) is 16.4. The maximum Gasteiger partial charge on any atom is 0.341 e. The lowest BCUT2D eigenvalue weighted by Crippen LogP contribution is -2.23. The van der Waals surface area contributed by atoms with Gasteiger partial charge in [-0.15, -0.1) is 0 Å². The number of nitrogens with zero attached hydrogens (tertiary/aromatic N) is 1. The molecule has 0 fully saturated rings. The third-order valence-electron chi connectivity index (χ3n) is 4.02. The van der Waals surface area contributed by atoms with Crippen molar-refractivity contribution in [1.29, 1.82) is 0 Å². The van der Waals surface area contributed by atoms with Gasteiger partial charge in [-0.2, -0.15) is 0 Å². The number of aryl methyl sites for hydroxylation is 1. The molecule has 1 aromatic carbocycles. The Morgan fingerprint density at radius 3 is 2.54 bits per heavy atom. The molecule has 0 aliphatic rings. The van der Waals surface area contributed by atoms with Crippen molar-refractivity contribution >= 4 is 16.9 Å². The van der Waals surface area contributed by atoms with Crippen LogP contribution in [0.4, 0.5) is 0 Å². The van der Waals surface area contributed by atoms with Gasteiger partial charge in [0.05, 0.1) is 12.1 Å². The average molecular weight is 387 g/mol. The quantitative estimate of drug-likeness (QED) is 0.404. The normalized spacial score (nSPS) is 10.9. The first-order valence-electron chi connectivity index (χ1n) is 9.22. The molecule has 1 aromatic heterocycles. The monoisotopic (exact) mass is 387 g/mol. The summed E-state index contributed by atoms with van der Waals surface area (Å²) in [6.07, 6.45) is 0.957. The molecule has 0 unspecified atom stereocenters. The smallest absolute Gasteiger partial charge is 0.341 e. The number of aromatic carboxylic acids is 1. The van der Waals surface area contributed by atoms with Crippen LogP contribution in [0, 0.1) is 11.8 Å². The summed E-state index contributed by atoms with van der Waals surface area (Å²) in [5.41, 5.74) is 0.532. The molecule has 2 aromatic rings. The van der Waals surface area contributed by atoms with Crippen molar-refractivity contribution in [2.75, 3.05) is 26.4 Å². The number of benzene rings is 1. The predicted octanol–water partition coefficient (Wildman–Crippen LogP) is 2.49. The van der Waals surface area contributed by atoms with Crippen LogP contribution in [0.1, 0.15) is 36.7 Å². The lowest BCUT2D eigenvalue weighted by Gasteiger charge is -2.15. The van der Waals surface area contributed by atoms with Crippen LogP contribution >= 0.6 is 0 Å². The molecule has 1 heterocycles. The number of carboxylic acids is 1. The lowest BCUT2D eigenvalue weighted by molar-refractivity contribution is -0.164. The number of aromatic nitrogens is 1. The maximum atomic E-state index is 12.5. The Morgan fingerprint density at radius 2 is 1.93 bits per heavy atom. The van der Waals surface area contributed by atoms with Gasteiger partial charge in [0.15, 0.2) is 6.29 Å². The van der Waals surface area contributed by atoms with Gasteiger partial charge in [0, 0.05) is 36.9 Å². The molecule has 0 aliphatic carbocycles. The summed E-state index contributed by atoms with van der Waals surface area (Å²) < 4.78 is 18.0. The van der Waals surface area contributed by atoms with E-state index in [0.29, 0.717) is 36.2 Å². The second-order valence-corrected chi connectivity index (χ2v) is 5.85. The van der Waals surface area contributed by atoms with Gasteiger partial charge in [-0.05, 0) is 39.0 Å². The first-order valence-corrected chi connectivity index (χ1v) is 9.22.